The standard InChI is InChI=1S/C28H24N2O4/c31-23-17-9-7-15-21(23)27(33)29-25(19-11-3-1-4-12-19)26(20-13-5-2-6-14-20)30-28(34)22-16-8-10-18-24(22)32/h1-18,25-26,31-32H,(H,29,33)(H,30,34)/t25-,26?/m0/s1. The number of hydrogen-bond donors (Lipinski definition) is 4. The number of amides is 2. The number of nitrogens with one attached hydrogen (secondary N) is 2. The molecule has 0 fully saturated rings. The summed E-state index contributed by atoms with van der Waals surface area (Å²) in [4.78, 5) is 26.3. The molecular weight excluding hydrogens is 428 g/mol. The first-order valence-corrected chi connectivity index (χ1v) is 10.8. The average Bonchev–Trinajstić information content (AvgIpc) is 2.87. The summed E-state index contributed by atoms with van der Waals surface area (Å²) in [6.07, 6.45) is 0. The maximum atomic E-state index is 13.2. The van der Waals surface area contributed by atoms with Crippen molar-refractivity contribution in [1.29, 1.82) is 0 Å². The monoisotopic (exact) mass is 452 g/mol. The molecule has 2 atom stereocenters. The minimum absolute atomic E-state index is 0.127. The van der Waals surface area contributed by atoms with E-state index in [1.54, 1.807) is 24.3 Å². The van der Waals surface area contributed by atoms with Crippen LogP contribution in [-0.4, -0.2) is 22.0 Å². The van der Waals surface area contributed by atoms with Crippen LogP contribution in [0.2, 0.25) is 0 Å². The number of carbonyl (C=O) groups excluding carboxylic acids is 2. The number of phenolic OH excluding ortho intramolecular Hbond substituents is 2. The molecule has 4 rings (SSSR count). The van der Waals surface area contributed by atoms with Gasteiger partial charge < -0.3 is 20.8 Å². The lowest BCUT2D eigenvalue weighted by molar-refractivity contribution is 0.0878. The van der Waals surface area contributed by atoms with Gasteiger partial charge in [0.25, 0.3) is 11.8 Å². The number of hydrogen-bond acceptors (Lipinski definition) is 4. The lowest BCUT2D eigenvalue weighted by Crippen LogP contribution is -2.40. The predicted molar refractivity (Wildman–Crippen MR) is 130 cm³/mol. The molecule has 0 heterocycles. The first kappa shape index (κ1) is 22.6. The molecule has 0 aliphatic heterocycles. The number of carbonyl (C=O) groups is 2. The molecule has 0 aliphatic carbocycles. The van der Waals surface area contributed by atoms with E-state index in [-0.39, 0.29) is 22.6 Å². The smallest absolute Gasteiger partial charge is 0.255 e. The second-order valence-corrected chi connectivity index (χ2v) is 7.76. The SMILES string of the molecule is O=C(NC(c1ccccc1)[C@@H](NC(=O)c1ccccc1O)c1ccccc1)c1ccccc1O. The first-order valence-electron chi connectivity index (χ1n) is 10.8. The van der Waals surface area contributed by atoms with E-state index in [0.717, 1.165) is 11.1 Å². The molecule has 0 bridgehead atoms. The van der Waals surface area contributed by atoms with E-state index in [2.05, 4.69) is 10.6 Å². The van der Waals surface area contributed by atoms with Crippen LogP contribution < -0.4 is 10.6 Å². The molecule has 2 amide bonds. The van der Waals surface area contributed by atoms with Gasteiger partial charge in [0, 0.05) is 0 Å². The van der Waals surface area contributed by atoms with Crippen LogP contribution in [0.3, 0.4) is 0 Å². The minimum Gasteiger partial charge on any atom is -0.507 e. The highest BCUT2D eigenvalue weighted by molar-refractivity contribution is 5.98. The number of phenols is 2. The number of rotatable bonds is 7. The summed E-state index contributed by atoms with van der Waals surface area (Å²) < 4.78 is 0. The fourth-order valence-corrected chi connectivity index (χ4v) is 3.81. The van der Waals surface area contributed by atoms with Gasteiger partial charge in [0.15, 0.2) is 0 Å². The van der Waals surface area contributed by atoms with Gasteiger partial charge in [0.1, 0.15) is 11.5 Å². The van der Waals surface area contributed by atoms with Crippen LogP contribution in [0, 0.1) is 0 Å². The zero-order valence-corrected chi connectivity index (χ0v) is 18.3. The van der Waals surface area contributed by atoms with Gasteiger partial charge >= 0.3 is 0 Å². The van der Waals surface area contributed by atoms with Gasteiger partial charge in [-0.15, -0.1) is 0 Å². The summed E-state index contributed by atoms with van der Waals surface area (Å²) in [7, 11) is 0. The van der Waals surface area contributed by atoms with Gasteiger partial charge in [-0.3, -0.25) is 9.59 Å². The third kappa shape index (κ3) is 5.07. The Kier molecular flexibility index (Phi) is 6.89. The van der Waals surface area contributed by atoms with Crippen molar-refractivity contribution >= 4 is 11.8 Å². The summed E-state index contributed by atoms with van der Waals surface area (Å²) in [5.74, 6) is -1.24. The number of benzene rings is 4. The molecule has 34 heavy (non-hydrogen) atoms. The van der Waals surface area contributed by atoms with Gasteiger partial charge in [0.2, 0.25) is 0 Å². The van der Waals surface area contributed by atoms with Crippen LogP contribution >= 0.6 is 0 Å². The number of aromatic hydroxyl groups is 2. The summed E-state index contributed by atoms with van der Waals surface area (Å²) >= 11 is 0. The highest BCUT2D eigenvalue weighted by Gasteiger charge is 2.29. The lowest BCUT2D eigenvalue weighted by atomic mass is 9.92. The largest absolute Gasteiger partial charge is 0.507 e. The molecule has 0 aromatic heterocycles. The van der Waals surface area contributed by atoms with Crippen molar-refractivity contribution in [3.05, 3.63) is 131 Å². The van der Waals surface area contributed by atoms with E-state index >= 15 is 0 Å². The lowest BCUT2D eigenvalue weighted by Gasteiger charge is -2.30. The molecule has 6 heteroatoms. The summed E-state index contributed by atoms with van der Waals surface area (Å²) in [6, 6.07) is 29.8. The van der Waals surface area contributed by atoms with Crippen molar-refractivity contribution in [2.75, 3.05) is 0 Å². The maximum absolute atomic E-state index is 13.2. The predicted octanol–water partition coefficient (Wildman–Crippen LogP) is 4.74. The maximum Gasteiger partial charge on any atom is 0.255 e. The minimum atomic E-state index is -0.675. The molecule has 0 aliphatic rings. The normalized spacial score (nSPS) is 12.4. The molecule has 1 unspecified atom stereocenters. The van der Waals surface area contributed by atoms with Gasteiger partial charge in [-0.05, 0) is 35.4 Å². The van der Waals surface area contributed by atoms with E-state index in [9.17, 15) is 19.8 Å². The molecule has 0 radical (unpaired) electrons. The molecular formula is C28H24N2O4. The fraction of sp³-hybridized carbons (Fsp3) is 0.0714. The van der Waals surface area contributed by atoms with Gasteiger partial charge in [-0.1, -0.05) is 84.9 Å². The highest BCUT2D eigenvalue weighted by atomic mass is 16.3. The van der Waals surface area contributed by atoms with Crippen molar-refractivity contribution in [2.24, 2.45) is 0 Å². The molecule has 4 aromatic rings. The van der Waals surface area contributed by atoms with Crippen LogP contribution in [0.5, 0.6) is 11.5 Å². The Labute approximate surface area is 197 Å². The van der Waals surface area contributed by atoms with Crippen molar-refractivity contribution in [3.63, 3.8) is 0 Å². The van der Waals surface area contributed by atoms with Gasteiger partial charge in [-0.2, -0.15) is 0 Å². The van der Waals surface area contributed by atoms with Crippen molar-refractivity contribution < 1.29 is 19.8 Å². The van der Waals surface area contributed by atoms with Crippen LogP contribution in [-0.2, 0) is 0 Å². The van der Waals surface area contributed by atoms with E-state index < -0.39 is 23.9 Å². The zero-order chi connectivity index (χ0) is 23.9. The van der Waals surface area contributed by atoms with Crippen LogP contribution in [0.4, 0.5) is 0 Å². The Morgan fingerprint density at radius 1 is 0.500 bits per heavy atom. The van der Waals surface area contributed by atoms with E-state index in [4.69, 9.17) is 0 Å². The topological polar surface area (TPSA) is 98.7 Å². The molecule has 170 valence electrons. The van der Waals surface area contributed by atoms with Crippen LogP contribution in [0.25, 0.3) is 0 Å². The molecule has 4 N–H and O–H groups in total. The average molecular weight is 453 g/mol. The summed E-state index contributed by atoms with van der Waals surface area (Å²) in [6.45, 7) is 0. The summed E-state index contributed by atoms with van der Waals surface area (Å²) in [5, 5.41) is 26.3. The third-order valence-electron chi connectivity index (χ3n) is 5.52. The van der Waals surface area contributed by atoms with Crippen molar-refractivity contribution in [3.8, 4) is 11.5 Å². The van der Waals surface area contributed by atoms with E-state index in [1.165, 1.54) is 24.3 Å². The third-order valence-corrected chi connectivity index (χ3v) is 5.52. The molecule has 4 aromatic carbocycles. The Bertz CT molecular complexity index is 1170. The van der Waals surface area contributed by atoms with Gasteiger partial charge in [0.05, 0.1) is 23.2 Å². The van der Waals surface area contributed by atoms with Crippen molar-refractivity contribution in [2.45, 2.75) is 12.1 Å². The molecule has 6 nitrogen and oxygen atoms in total. The summed E-state index contributed by atoms with van der Waals surface area (Å²) in [5.41, 5.74) is 1.78. The second kappa shape index (κ2) is 10.4. The molecule has 0 spiro atoms. The second-order valence-electron chi connectivity index (χ2n) is 7.76. The highest BCUT2D eigenvalue weighted by Crippen LogP contribution is 2.31. The van der Waals surface area contributed by atoms with Crippen LogP contribution in [0.15, 0.2) is 109 Å². The van der Waals surface area contributed by atoms with E-state index in [1.807, 2.05) is 60.7 Å². The quantitative estimate of drug-likeness (QED) is 0.326. The Balaban J connectivity index is 1.75. The molecule has 0 saturated carbocycles. The number of para-hydroxylation sites is 2. The Morgan fingerprint density at radius 2 is 0.824 bits per heavy atom. The zero-order valence-electron chi connectivity index (χ0n) is 18.3. The first-order chi connectivity index (χ1) is 16.5. The van der Waals surface area contributed by atoms with Crippen molar-refractivity contribution in [1.82, 2.24) is 10.6 Å². The fourth-order valence-electron chi connectivity index (χ4n) is 3.81. The van der Waals surface area contributed by atoms with Crippen LogP contribution in [0.1, 0.15) is 43.9 Å². The Morgan fingerprint density at radius 3 is 1.18 bits per heavy atom. The van der Waals surface area contributed by atoms with E-state index in [0.29, 0.717) is 0 Å². The molecule has 0 saturated heterocycles. The van der Waals surface area contributed by atoms with Gasteiger partial charge in [-0.25, -0.2) is 0 Å². The Hall–Kier alpha value is -4.58.